The van der Waals surface area contributed by atoms with Gasteiger partial charge in [0.25, 0.3) is 0 Å². The number of fused-ring (bicyclic) bond motifs is 1. The molecule has 1 aliphatic heterocycles. The summed E-state index contributed by atoms with van der Waals surface area (Å²) in [6, 6.07) is 10.5. The molecule has 0 aliphatic carbocycles. The molecule has 0 spiro atoms. The smallest absolute Gasteiger partial charge is 0.0722 e. The molecule has 0 saturated carbocycles. The maximum atomic E-state index is 4.39. The summed E-state index contributed by atoms with van der Waals surface area (Å²) in [6.07, 6.45) is 1.85. The predicted molar refractivity (Wildman–Crippen MR) is 103 cm³/mol. The summed E-state index contributed by atoms with van der Waals surface area (Å²) in [5.41, 5.74) is 2.39. The van der Waals surface area contributed by atoms with Gasteiger partial charge in [-0.15, -0.1) is 0 Å². The van der Waals surface area contributed by atoms with Gasteiger partial charge in [0.15, 0.2) is 0 Å². The van der Waals surface area contributed by atoms with Crippen molar-refractivity contribution in [2.45, 2.75) is 42.5 Å². The maximum absolute atomic E-state index is 4.39. The largest absolute Gasteiger partial charge is 0.368 e. The molecule has 3 heteroatoms. The fraction of sp³-hybridized carbons (Fsp3) is 0.526. The maximum Gasteiger partial charge on any atom is 0.0722 e. The van der Waals surface area contributed by atoms with E-state index in [-0.39, 0.29) is 14.9 Å². The van der Waals surface area contributed by atoms with Crippen LogP contribution in [0.25, 0.3) is 10.9 Å². The molecule has 1 aliphatic rings. The Morgan fingerprint density at radius 3 is 2.18 bits per heavy atom. The first-order chi connectivity index (χ1) is 9.95. The van der Waals surface area contributed by atoms with Crippen LogP contribution in [0, 0.1) is 0 Å². The van der Waals surface area contributed by atoms with Gasteiger partial charge in [-0.05, 0) is 24.3 Å². The minimum absolute atomic E-state index is 0. The number of hydrogen-bond acceptors (Lipinski definition) is 3. The van der Waals surface area contributed by atoms with Crippen molar-refractivity contribution >= 4 is 16.6 Å². The standard InChI is InChI=1S/C13H15N3.2C2H6.2CH4/c1-4-12-11(3-2-6-15-12)13(5-1)16-9-7-14-8-10-16;2*1-2;;/h1-6,14H,7-10H2;2*1-2H3;2*1H4. The van der Waals surface area contributed by atoms with E-state index in [0.717, 1.165) is 31.7 Å². The molecule has 3 rings (SSSR count). The summed E-state index contributed by atoms with van der Waals surface area (Å²) in [5, 5.41) is 4.63. The number of nitrogens with zero attached hydrogens (tertiary/aromatic N) is 2. The van der Waals surface area contributed by atoms with Gasteiger partial charge in [-0.1, -0.05) is 48.6 Å². The van der Waals surface area contributed by atoms with Crippen LogP contribution in [0.1, 0.15) is 42.5 Å². The molecule has 0 bridgehead atoms. The third kappa shape index (κ3) is 5.64. The molecule has 126 valence electrons. The van der Waals surface area contributed by atoms with Gasteiger partial charge in [-0.3, -0.25) is 4.98 Å². The molecule has 2 aromatic rings. The normalized spacial score (nSPS) is 12.6. The van der Waals surface area contributed by atoms with E-state index in [2.05, 4.69) is 39.5 Å². The van der Waals surface area contributed by atoms with Gasteiger partial charge in [-0.2, -0.15) is 0 Å². The Morgan fingerprint density at radius 1 is 0.909 bits per heavy atom. The lowest BCUT2D eigenvalue weighted by Crippen LogP contribution is -2.43. The molecule has 0 unspecified atom stereocenters. The van der Waals surface area contributed by atoms with Gasteiger partial charge >= 0.3 is 0 Å². The van der Waals surface area contributed by atoms with Crippen molar-refractivity contribution < 1.29 is 0 Å². The van der Waals surface area contributed by atoms with Crippen LogP contribution >= 0.6 is 0 Å². The number of nitrogens with one attached hydrogen (secondary N) is 1. The van der Waals surface area contributed by atoms with Gasteiger partial charge in [0, 0.05) is 43.4 Å². The van der Waals surface area contributed by atoms with E-state index in [1.54, 1.807) is 0 Å². The van der Waals surface area contributed by atoms with Crippen molar-refractivity contribution in [3.63, 3.8) is 0 Å². The zero-order chi connectivity index (χ0) is 14.8. The second-order valence-corrected chi connectivity index (χ2v) is 4.08. The molecule has 1 fully saturated rings. The minimum atomic E-state index is 0. The number of anilines is 1. The van der Waals surface area contributed by atoms with E-state index in [0.29, 0.717) is 0 Å². The van der Waals surface area contributed by atoms with Crippen molar-refractivity contribution in [1.82, 2.24) is 10.3 Å². The van der Waals surface area contributed by atoms with Gasteiger partial charge in [0.2, 0.25) is 0 Å². The van der Waals surface area contributed by atoms with Crippen LogP contribution in [0.3, 0.4) is 0 Å². The van der Waals surface area contributed by atoms with Crippen LogP contribution in [-0.2, 0) is 0 Å². The number of pyridine rings is 1. The van der Waals surface area contributed by atoms with Crippen molar-refractivity contribution in [3.05, 3.63) is 36.5 Å². The average Bonchev–Trinajstić information content (AvgIpc) is 2.59. The van der Waals surface area contributed by atoms with E-state index in [1.807, 2.05) is 40.0 Å². The fourth-order valence-corrected chi connectivity index (χ4v) is 2.27. The highest BCUT2D eigenvalue weighted by molar-refractivity contribution is 5.91. The fourth-order valence-electron chi connectivity index (χ4n) is 2.27. The van der Waals surface area contributed by atoms with Crippen molar-refractivity contribution in [3.8, 4) is 0 Å². The second-order valence-electron chi connectivity index (χ2n) is 4.08. The molecule has 3 nitrogen and oxygen atoms in total. The summed E-state index contributed by atoms with van der Waals surface area (Å²) in [6.45, 7) is 12.3. The van der Waals surface area contributed by atoms with E-state index >= 15 is 0 Å². The molecule has 1 aromatic heterocycles. The molecular formula is C19H35N3. The predicted octanol–water partition coefficient (Wildman–Crippen LogP) is 4.97. The van der Waals surface area contributed by atoms with Gasteiger partial charge < -0.3 is 10.2 Å². The average molecular weight is 306 g/mol. The highest BCUT2D eigenvalue weighted by atomic mass is 15.2. The van der Waals surface area contributed by atoms with Crippen molar-refractivity contribution in [1.29, 1.82) is 0 Å². The Kier molecular flexibility index (Phi) is 13.5. The van der Waals surface area contributed by atoms with Crippen LogP contribution < -0.4 is 10.2 Å². The first-order valence-corrected chi connectivity index (χ1v) is 7.74. The first-order valence-electron chi connectivity index (χ1n) is 7.74. The van der Waals surface area contributed by atoms with Crippen LogP contribution in [0.2, 0.25) is 0 Å². The van der Waals surface area contributed by atoms with Gasteiger partial charge in [0.1, 0.15) is 0 Å². The Morgan fingerprint density at radius 2 is 1.55 bits per heavy atom. The molecular weight excluding hydrogens is 270 g/mol. The van der Waals surface area contributed by atoms with E-state index in [9.17, 15) is 0 Å². The van der Waals surface area contributed by atoms with Crippen LogP contribution in [0.5, 0.6) is 0 Å². The highest BCUT2D eigenvalue weighted by Gasteiger charge is 2.12. The third-order valence-corrected chi connectivity index (χ3v) is 3.08. The lowest BCUT2D eigenvalue weighted by atomic mass is 10.1. The lowest BCUT2D eigenvalue weighted by molar-refractivity contribution is 0.590. The number of piperazine rings is 1. The summed E-state index contributed by atoms with van der Waals surface area (Å²) in [5.74, 6) is 0. The van der Waals surface area contributed by atoms with E-state index in [1.165, 1.54) is 11.1 Å². The summed E-state index contributed by atoms with van der Waals surface area (Å²) >= 11 is 0. The monoisotopic (exact) mass is 305 g/mol. The lowest BCUT2D eigenvalue weighted by Gasteiger charge is -2.30. The molecule has 1 aromatic carbocycles. The van der Waals surface area contributed by atoms with Crippen LogP contribution in [0.4, 0.5) is 5.69 Å². The van der Waals surface area contributed by atoms with E-state index in [4.69, 9.17) is 0 Å². The number of benzene rings is 1. The van der Waals surface area contributed by atoms with Crippen molar-refractivity contribution in [2.24, 2.45) is 0 Å². The van der Waals surface area contributed by atoms with Crippen molar-refractivity contribution in [2.75, 3.05) is 31.1 Å². The zero-order valence-electron chi connectivity index (χ0n) is 13.2. The van der Waals surface area contributed by atoms with Crippen LogP contribution in [-0.4, -0.2) is 31.2 Å². The van der Waals surface area contributed by atoms with E-state index < -0.39 is 0 Å². The number of rotatable bonds is 1. The third-order valence-electron chi connectivity index (χ3n) is 3.08. The summed E-state index contributed by atoms with van der Waals surface area (Å²) in [4.78, 5) is 6.83. The Balaban J connectivity index is 0. The molecule has 0 amide bonds. The summed E-state index contributed by atoms with van der Waals surface area (Å²) < 4.78 is 0. The van der Waals surface area contributed by atoms with Crippen LogP contribution in [0.15, 0.2) is 36.5 Å². The molecule has 0 atom stereocenters. The number of hydrogen-bond donors (Lipinski definition) is 1. The Hall–Kier alpha value is -1.61. The molecule has 2 heterocycles. The molecule has 1 saturated heterocycles. The molecule has 1 N–H and O–H groups in total. The minimum Gasteiger partial charge on any atom is -0.368 e. The summed E-state index contributed by atoms with van der Waals surface area (Å²) in [7, 11) is 0. The first kappa shape index (κ1) is 22.7. The second kappa shape index (κ2) is 13.1. The highest BCUT2D eigenvalue weighted by Crippen LogP contribution is 2.25. The Bertz CT molecular complexity index is 486. The zero-order valence-corrected chi connectivity index (χ0v) is 13.2. The Labute approximate surface area is 137 Å². The molecule has 0 radical (unpaired) electrons. The topological polar surface area (TPSA) is 28.2 Å². The molecule has 22 heavy (non-hydrogen) atoms. The quantitative estimate of drug-likeness (QED) is 0.806. The SMILES string of the molecule is C.C.CC.CC.c1cc(N2CCNCC2)c2cccnc2c1. The number of aromatic nitrogens is 1. The van der Waals surface area contributed by atoms with Gasteiger partial charge in [0.05, 0.1) is 5.52 Å². The van der Waals surface area contributed by atoms with Gasteiger partial charge in [-0.25, -0.2) is 0 Å².